The molecule has 1 aliphatic rings. The number of hydrogen-bond donors (Lipinski definition) is 1. The Kier molecular flexibility index (Phi) is 4.92. The van der Waals surface area contributed by atoms with Crippen LogP contribution in [0.5, 0.6) is 11.5 Å². The van der Waals surface area contributed by atoms with E-state index in [0.29, 0.717) is 30.4 Å². The topological polar surface area (TPSA) is 87.0 Å². The lowest BCUT2D eigenvalue weighted by atomic mass is 10.1. The molecule has 4 rings (SSSR count). The molecule has 0 aliphatic carbocycles. The Morgan fingerprint density at radius 3 is 2.75 bits per heavy atom. The van der Waals surface area contributed by atoms with Gasteiger partial charge in [0.15, 0.2) is 11.5 Å². The standard InChI is InChI=1S/C20H18N4O4/c1-26-20(25)22-21-12-15-13-24(16-5-3-2-4-6-16)23-19(15)14-7-8-17-18(11-14)28-10-9-27-17/h2-8,11-13H,9-10H2,1H3,(H,22,25). The van der Waals surface area contributed by atoms with Crippen molar-refractivity contribution in [2.75, 3.05) is 20.3 Å². The van der Waals surface area contributed by atoms with E-state index < -0.39 is 6.09 Å². The maximum absolute atomic E-state index is 11.2. The Hall–Kier alpha value is -3.81. The minimum atomic E-state index is -0.646. The fraction of sp³-hybridized carbons (Fsp3) is 0.150. The summed E-state index contributed by atoms with van der Waals surface area (Å²) in [6.07, 6.45) is 2.71. The number of carbonyl (C=O) groups is 1. The van der Waals surface area contributed by atoms with Gasteiger partial charge in [-0.15, -0.1) is 0 Å². The van der Waals surface area contributed by atoms with Gasteiger partial charge in [0.05, 0.1) is 19.0 Å². The van der Waals surface area contributed by atoms with E-state index in [4.69, 9.17) is 14.6 Å². The molecule has 28 heavy (non-hydrogen) atoms. The molecule has 1 N–H and O–H groups in total. The predicted molar refractivity (Wildman–Crippen MR) is 103 cm³/mol. The zero-order valence-corrected chi connectivity index (χ0v) is 15.2. The SMILES string of the molecule is COC(=O)NN=Cc1cn(-c2ccccc2)nc1-c1ccc2c(c1)OCCO2. The van der Waals surface area contributed by atoms with E-state index >= 15 is 0 Å². The molecule has 0 unspecified atom stereocenters. The number of aromatic nitrogens is 2. The summed E-state index contributed by atoms with van der Waals surface area (Å²) in [6, 6.07) is 15.4. The summed E-state index contributed by atoms with van der Waals surface area (Å²) in [5.74, 6) is 1.38. The van der Waals surface area contributed by atoms with Gasteiger partial charge in [-0.3, -0.25) is 0 Å². The van der Waals surface area contributed by atoms with Gasteiger partial charge in [0.1, 0.15) is 18.9 Å². The van der Waals surface area contributed by atoms with Gasteiger partial charge in [0.25, 0.3) is 0 Å². The summed E-state index contributed by atoms with van der Waals surface area (Å²) in [5.41, 5.74) is 5.45. The van der Waals surface area contributed by atoms with Crippen molar-refractivity contribution in [2.45, 2.75) is 0 Å². The second kappa shape index (κ2) is 7.83. The van der Waals surface area contributed by atoms with E-state index in [2.05, 4.69) is 15.3 Å². The maximum Gasteiger partial charge on any atom is 0.427 e. The van der Waals surface area contributed by atoms with Crippen LogP contribution in [-0.2, 0) is 4.74 Å². The smallest absolute Gasteiger partial charge is 0.427 e. The summed E-state index contributed by atoms with van der Waals surface area (Å²) < 4.78 is 17.5. The van der Waals surface area contributed by atoms with Gasteiger partial charge in [-0.25, -0.2) is 14.9 Å². The monoisotopic (exact) mass is 378 g/mol. The van der Waals surface area contributed by atoms with Crippen LogP contribution in [0.1, 0.15) is 5.56 Å². The molecule has 1 amide bonds. The summed E-state index contributed by atoms with van der Waals surface area (Å²) >= 11 is 0. The normalized spacial score (nSPS) is 12.8. The van der Waals surface area contributed by atoms with Crippen molar-refractivity contribution in [3.63, 3.8) is 0 Å². The first kappa shape index (κ1) is 17.6. The molecule has 3 aromatic rings. The number of nitrogens with zero attached hydrogens (tertiary/aromatic N) is 3. The Bertz CT molecular complexity index is 1010. The number of hydrazone groups is 1. The molecule has 0 radical (unpaired) electrons. The average Bonchev–Trinajstić information content (AvgIpc) is 3.18. The molecule has 0 spiro atoms. The van der Waals surface area contributed by atoms with Crippen molar-refractivity contribution >= 4 is 12.3 Å². The molecule has 2 aromatic carbocycles. The molecule has 0 saturated heterocycles. The highest BCUT2D eigenvalue weighted by Crippen LogP contribution is 2.35. The van der Waals surface area contributed by atoms with Crippen molar-refractivity contribution in [2.24, 2.45) is 5.10 Å². The first-order valence-corrected chi connectivity index (χ1v) is 8.67. The molecule has 142 valence electrons. The molecule has 0 atom stereocenters. The van der Waals surface area contributed by atoms with E-state index in [1.165, 1.54) is 13.3 Å². The second-order valence-corrected chi connectivity index (χ2v) is 5.93. The van der Waals surface area contributed by atoms with Gasteiger partial charge in [-0.1, -0.05) is 18.2 Å². The molecule has 8 heteroatoms. The van der Waals surface area contributed by atoms with Gasteiger partial charge >= 0.3 is 6.09 Å². The highest BCUT2D eigenvalue weighted by molar-refractivity contribution is 5.89. The van der Waals surface area contributed by atoms with Crippen LogP contribution in [0.25, 0.3) is 16.9 Å². The van der Waals surface area contributed by atoms with Gasteiger partial charge in [0, 0.05) is 17.3 Å². The number of rotatable bonds is 4. The summed E-state index contributed by atoms with van der Waals surface area (Å²) in [6.45, 7) is 1.04. The number of carbonyl (C=O) groups excluding carboxylic acids is 1. The quantitative estimate of drug-likeness (QED) is 0.557. The average molecular weight is 378 g/mol. The number of hydrogen-bond acceptors (Lipinski definition) is 6. The molecule has 0 fully saturated rings. The molecule has 0 bridgehead atoms. The van der Waals surface area contributed by atoms with Crippen LogP contribution < -0.4 is 14.9 Å². The van der Waals surface area contributed by atoms with E-state index in [1.807, 2.05) is 54.7 Å². The fourth-order valence-electron chi connectivity index (χ4n) is 2.81. The third-order valence-corrected chi connectivity index (χ3v) is 4.12. The van der Waals surface area contributed by atoms with Gasteiger partial charge in [-0.2, -0.15) is 10.2 Å². The van der Waals surface area contributed by atoms with Crippen LogP contribution in [-0.4, -0.2) is 42.4 Å². The first-order valence-electron chi connectivity index (χ1n) is 8.67. The van der Waals surface area contributed by atoms with Gasteiger partial charge in [0.2, 0.25) is 0 Å². The molecule has 0 saturated carbocycles. The van der Waals surface area contributed by atoms with Crippen LogP contribution in [0.15, 0.2) is 59.8 Å². The largest absolute Gasteiger partial charge is 0.486 e. The highest BCUT2D eigenvalue weighted by Gasteiger charge is 2.16. The van der Waals surface area contributed by atoms with Crippen molar-refractivity contribution < 1.29 is 19.0 Å². The van der Waals surface area contributed by atoms with Gasteiger partial charge in [-0.05, 0) is 30.3 Å². The fourth-order valence-corrected chi connectivity index (χ4v) is 2.81. The number of nitrogens with one attached hydrogen (secondary N) is 1. The Morgan fingerprint density at radius 2 is 1.96 bits per heavy atom. The summed E-state index contributed by atoms with van der Waals surface area (Å²) in [7, 11) is 1.28. The maximum atomic E-state index is 11.2. The van der Waals surface area contributed by atoms with E-state index in [9.17, 15) is 4.79 Å². The number of fused-ring (bicyclic) bond motifs is 1. The zero-order valence-electron chi connectivity index (χ0n) is 15.2. The molecule has 1 aliphatic heterocycles. The van der Waals surface area contributed by atoms with Crippen LogP contribution in [0.4, 0.5) is 4.79 Å². The number of methoxy groups -OCH3 is 1. The Morgan fingerprint density at radius 1 is 1.18 bits per heavy atom. The summed E-state index contributed by atoms with van der Waals surface area (Å²) in [4.78, 5) is 11.2. The lowest BCUT2D eigenvalue weighted by Crippen LogP contribution is -2.16. The van der Waals surface area contributed by atoms with Crippen molar-refractivity contribution in [3.05, 3.63) is 60.3 Å². The highest BCUT2D eigenvalue weighted by atomic mass is 16.6. The molecular formula is C20H18N4O4. The lowest BCUT2D eigenvalue weighted by Gasteiger charge is -2.18. The third kappa shape index (κ3) is 3.66. The molecule has 1 aromatic heterocycles. The molecule has 2 heterocycles. The minimum absolute atomic E-state index is 0.506. The van der Waals surface area contributed by atoms with E-state index in [1.54, 1.807) is 4.68 Å². The minimum Gasteiger partial charge on any atom is -0.486 e. The lowest BCUT2D eigenvalue weighted by molar-refractivity contribution is 0.171. The van der Waals surface area contributed by atoms with Crippen LogP contribution in [0.2, 0.25) is 0 Å². The Balaban J connectivity index is 1.74. The van der Waals surface area contributed by atoms with E-state index in [0.717, 1.165) is 16.8 Å². The van der Waals surface area contributed by atoms with Crippen molar-refractivity contribution in [1.29, 1.82) is 0 Å². The number of para-hydroxylation sites is 1. The second-order valence-electron chi connectivity index (χ2n) is 5.93. The Labute approximate surface area is 161 Å². The third-order valence-electron chi connectivity index (χ3n) is 4.12. The number of ether oxygens (including phenoxy) is 3. The summed E-state index contributed by atoms with van der Waals surface area (Å²) in [5, 5.41) is 8.64. The van der Waals surface area contributed by atoms with Gasteiger partial charge < -0.3 is 14.2 Å². The van der Waals surface area contributed by atoms with Crippen LogP contribution in [0, 0.1) is 0 Å². The zero-order chi connectivity index (χ0) is 19.3. The molecule has 8 nitrogen and oxygen atoms in total. The number of amides is 1. The predicted octanol–water partition coefficient (Wildman–Crippen LogP) is 3.00. The van der Waals surface area contributed by atoms with Crippen molar-refractivity contribution in [1.82, 2.24) is 15.2 Å². The van der Waals surface area contributed by atoms with E-state index in [-0.39, 0.29) is 0 Å². The first-order chi connectivity index (χ1) is 13.7. The molecular weight excluding hydrogens is 360 g/mol. The van der Waals surface area contributed by atoms with Crippen LogP contribution in [0.3, 0.4) is 0 Å². The van der Waals surface area contributed by atoms with Crippen molar-refractivity contribution in [3.8, 4) is 28.4 Å². The van der Waals surface area contributed by atoms with Crippen LogP contribution >= 0.6 is 0 Å². The number of benzene rings is 2.